The van der Waals surface area contributed by atoms with Gasteiger partial charge in [-0.25, -0.2) is 4.57 Å². The first-order valence-corrected chi connectivity index (χ1v) is 12.2. The molecule has 2 heterocycles. The zero-order chi connectivity index (χ0) is 22.4. The number of imidazole rings is 1. The monoisotopic (exact) mass is 424 g/mol. The van der Waals surface area contributed by atoms with Crippen LogP contribution in [-0.2, 0) is 13.6 Å². The van der Waals surface area contributed by atoms with Crippen molar-refractivity contribution in [3.63, 3.8) is 0 Å². The minimum absolute atomic E-state index is 0.459. The SMILES string of the molecule is C/C(=C\Cn1c[n+](C)c2ncnc(N)c21)CC[C@]1(C)[C@@H](C)CC[C@H]2[C@@H]1CCCC2(C)C. The van der Waals surface area contributed by atoms with Gasteiger partial charge in [0, 0.05) is 0 Å². The highest BCUT2D eigenvalue weighted by Crippen LogP contribution is 2.60. The largest absolute Gasteiger partial charge is 0.380 e. The van der Waals surface area contributed by atoms with Crippen LogP contribution in [0.3, 0.4) is 0 Å². The van der Waals surface area contributed by atoms with Crippen molar-refractivity contribution in [1.29, 1.82) is 0 Å². The number of fused-ring (bicyclic) bond motifs is 2. The Morgan fingerprint density at radius 3 is 2.77 bits per heavy atom. The van der Waals surface area contributed by atoms with E-state index in [0.717, 1.165) is 35.5 Å². The van der Waals surface area contributed by atoms with Crippen LogP contribution in [0.1, 0.15) is 79.6 Å². The van der Waals surface area contributed by atoms with Gasteiger partial charge in [-0.3, -0.25) is 4.57 Å². The first-order chi connectivity index (χ1) is 14.6. The van der Waals surface area contributed by atoms with Crippen molar-refractivity contribution >= 4 is 17.0 Å². The van der Waals surface area contributed by atoms with E-state index in [1.807, 2.05) is 11.6 Å². The highest BCUT2D eigenvalue weighted by Gasteiger charge is 2.51. The van der Waals surface area contributed by atoms with Crippen LogP contribution in [0.5, 0.6) is 0 Å². The summed E-state index contributed by atoms with van der Waals surface area (Å²) in [6.45, 7) is 13.3. The molecule has 2 fully saturated rings. The minimum Gasteiger partial charge on any atom is -0.380 e. The third-order valence-corrected chi connectivity index (χ3v) is 9.17. The summed E-state index contributed by atoms with van der Waals surface area (Å²) in [5.74, 6) is 3.16. The van der Waals surface area contributed by atoms with Gasteiger partial charge in [0.15, 0.2) is 18.5 Å². The third kappa shape index (κ3) is 4.01. The predicted molar refractivity (Wildman–Crippen MR) is 127 cm³/mol. The molecule has 2 N–H and O–H groups in total. The van der Waals surface area contributed by atoms with Gasteiger partial charge in [0.25, 0.3) is 0 Å². The molecule has 0 amide bonds. The van der Waals surface area contributed by atoms with E-state index in [0.29, 0.717) is 16.6 Å². The molecule has 0 saturated heterocycles. The van der Waals surface area contributed by atoms with E-state index in [9.17, 15) is 0 Å². The highest BCUT2D eigenvalue weighted by atomic mass is 15.2. The summed E-state index contributed by atoms with van der Waals surface area (Å²) in [5, 5.41) is 0. The van der Waals surface area contributed by atoms with Crippen LogP contribution < -0.4 is 10.3 Å². The van der Waals surface area contributed by atoms with Gasteiger partial charge < -0.3 is 5.73 Å². The Labute approximate surface area is 188 Å². The van der Waals surface area contributed by atoms with Gasteiger partial charge >= 0.3 is 5.65 Å². The Balaban J connectivity index is 1.48. The first kappa shape index (κ1) is 22.3. The van der Waals surface area contributed by atoms with Gasteiger partial charge in [-0.1, -0.05) is 50.7 Å². The smallest absolute Gasteiger partial charge is 0.307 e. The predicted octanol–water partition coefficient (Wildman–Crippen LogP) is 5.44. The van der Waals surface area contributed by atoms with Crippen molar-refractivity contribution in [3.8, 4) is 0 Å². The quantitative estimate of drug-likeness (QED) is 0.513. The lowest BCUT2D eigenvalue weighted by Gasteiger charge is -2.57. The Bertz CT molecular complexity index is 972. The molecule has 4 rings (SSSR count). The molecule has 2 aliphatic rings. The van der Waals surface area contributed by atoms with Crippen molar-refractivity contribution in [2.24, 2.45) is 35.6 Å². The second-order valence-electron chi connectivity index (χ2n) is 11.4. The third-order valence-electron chi connectivity index (χ3n) is 9.17. The van der Waals surface area contributed by atoms with Crippen molar-refractivity contribution in [2.45, 2.75) is 86.1 Å². The van der Waals surface area contributed by atoms with Crippen LogP contribution in [0.4, 0.5) is 5.82 Å². The van der Waals surface area contributed by atoms with Crippen molar-refractivity contribution in [1.82, 2.24) is 14.5 Å². The van der Waals surface area contributed by atoms with Crippen LogP contribution >= 0.6 is 0 Å². The summed E-state index contributed by atoms with van der Waals surface area (Å²) < 4.78 is 4.19. The number of nitrogen functional groups attached to an aromatic ring is 1. The van der Waals surface area contributed by atoms with E-state index >= 15 is 0 Å². The van der Waals surface area contributed by atoms with Crippen molar-refractivity contribution in [3.05, 3.63) is 24.3 Å². The molecule has 0 aliphatic heterocycles. The van der Waals surface area contributed by atoms with Crippen molar-refractivity contribution < 1.29 is 4.57 Å². The molecule has 0 radical (unpaired) electrons. The lowest BCUT2D eigenvalue weighted by atomic mass is 9.48. The van der Waals surface area contributed by atoms with E-state index in [-0.39, 0.29) is 0 Å². The fraction of sp³-hybridized carbons (Fsp3) is 0.731. The standard InChI is InChI=1S/C26H42N5/c1-18(12-15-31-17-30(6)24-22(31)23(27)28-16-29-24)11-14-26(5)19(2)9-10-20-21(26)8-7-13-25(20,3)4/h12,16-17,19-21H,7-11,13-15H2,1-6H3,(H2,27,28,29)/q+1/b18-12+/t19-,20-,21-,26+/m0/s1. The lowest BCUT2D eigenvalue weighted by molar-refractivity contribution is -0.647. The molecule has 2 saturated carbocycles. The number of hydrogen-bond donors (Lipinski definition) is 1. The molecular weight excluding hydrogens is 382 g/mol. The average molecular weight is 425 g/mol. The fourth-order valence-electron chi connectivity index (χ4n) is 6.85. The molecule has 0 spiro atoms. The molecule has 2 aromatic heterocycles. The molecule has 2 aromatic rings. The van der Waals surface area contributed by atoms with E-state index in [4.69, 9.17) is 5.73 Å². The summed E-state index contributed by atoms with van der Waals surface area (Å²) in [6.07, 6.45) is 15.5. The van der Waals surface area contributed by atoms with E-state index in [1.165, 1.54) is 56.8 Å². The Hall–Kier alpha value is -1.91. The number of hydrogen-bond acceptors (Lipinski definition) is 3. The van der Waals surface area contributed by atoms with Gasteiger partial charge in [-0.15, -0.1) is 0 Å². The summed E-state index contributed by atoms with van der Waals surface area (Å²) in [6, 6.07) is 0. The second-order valence-corrected chi connectivity index (χ2v) is 11.4. The summed E-state index contributed by atoms with van der Waals surface area (Å²) in [4.78, 5) is 8.57. The Morgan fingerprint density at radius 1 is 1.23 bits per heavy atom. The van der Waals surface area contributed by atoms with Gasteiger partial charge in [0.2, 0.25) is 5.52 Å². The van der Waals surface area contributed by atoms with E-state index in [1.54, 1.807) is 0 Å². The van der Waals surface area contributed by atoms with Crippen LogP contribution in [0.2, 0.25) is 0 Å². The van der Waals surface area contributed by atoms with E-state index < -0.39 is 0 Å². The van der Waals surface area contributed by atoms with Gasteiger partial charge in [-0.05, 0) is 74.0 Å². The number of nitrogens with zero attached hydrogens (tertiary/aromatic N) is 4. The van der Waals surface area contributed by atoms with Gasteiger partial charge in [0.1, 0.15) is 0 Å². The highest BCUT2D eigenvalue weighted by molar-refractivity contribution is 5.79. The molecule has 31 heavy (non-hydrogen) atoms. The molecule has 0 unspecified atom stereocenters. The van der Waals surface area contributed by atoms with E-state index in [2.05, 4.69) is 61.6 Å². The topological polar surface area (TPSA) is 60.6 Å². The number of anilines is 1. The maximum Gasteiger partial charge on any atom is 0.307 e. The normalized spacial score (nSPS) is 31.0. The van der Waals surface area contributed by atoms with Crippen molar-refractivity contribution in [2.75, 3.05) is 5.73 Å². The molecule has 5 heteroatoms. The molecule has 2 aliphatic carbocycles. The molecule has 170 valence electrons. The fourth-order valence-corrected chi connectivity index (χ4v) is 6.85. The average Bonchev–Trinajstić information content (AvgIpc) is 3.05. The van der Waals surface area contributed by atoms with Crippen LogP contribution in [0, 0.1) is 28.6 Å². The molecule has 0 aromatic carbocycles. The number of aryl methyl sites for hydroxylation is 1. The first-order valence-electron chi connectivity index (χ1n) is 12.2. The number of aromatic nitrogens is 4. The van der Waals surface area contributed by atoms with Crippen LogP contribution in [0.15, 0.2) is 24.3 Å². The van der Waals surface area contributed by atoms with Gasteiger partial charge in [-0.2, -0.15) is 4.98 Å². The maximum atomic E-state index is 6.14. The van der Waals surface area contributed by atoms with Gasteiger partial charge in [0.05, 0.1) is 13.6 Å². The van der Waals surface area contributed by atoms with Crippen LogP contribution in [-0.4, -0.2) is 14.5 Å². The zero-order valence-corrected chi connectivity index (χ0v) is 20.5. The number of nitrogens with two attached hydrogens (primary N) is 1. The molecule has 0 bridgehead atoms. The summed E-state index contributed by atoms with van der Waals surface area (Å²) in [5.41, 5.74) is 10.4. The maximum absolute atomic E-state index is 6.14. The minimum atomic E-state index is 0.459. The van der Waals surface area contributed by atoms with Crippen LogP contribution in [0.25, 0.3) is 11.2 Å². The lowest BCUT2D eigenvalue weighted by Crippen LogP contribution is -2.49. The zero-order valence-electron chi connectivity index (χ0n) is 20.5. The molecule has 5 nitrogen and oxygen atoms in total. The Morgan fingerprint density at radius 2 is 2.00 bits per heavy atom. The summed E-state index contributed by atoms with van der Waals surface area (Å²) in [7, 11) is 2.01. The number of rotatable bonds is 5. The molecule has 4 atom stereocenters. The Kier molecular flexibility index (Phi) is 5.91. The molecular formula is C26H42N5+. The second kappa shape index (κ2) is 8.22. The summed E-state index contributed by atoms with van der Waals surface area (Å²) >= 11 is 0. The number of allylic oxidation sites excluding steroid dienone is 2.